The summed E-state index contributed by atoms with van der Waals surface area (Å²) >= 11 is 6.32. The zero-order chi connectivity index (χ0) is 30.9. The Hall–Kier alpha value is -1.23. The molecule has 3 heterocycles. The van der Waals surface area contributed by atoms with E-state index in [1.165, 1.54) is 6.42 Å². The van der Waals surface area contributed by atoms with Gasteiger partial charge in [-0.2, -0.15) is 4.31 Å². The number of piperazine rings is 1. The summed E-state index contributed by atoms with van der Waals surface area (Å²) in [5.41, 5.74) is 0.935. The number of hydrogen-bond donors (Lipinski definition) is 3. The number of amides is 1. The van der Waals surface area contributed by atoms with E-state index >= 15 is 0 Å². The predicted molar refractivity (Wildman–Crippen MR) is 175 cm³/mol. The van der Waals surface area contributed by atoms with Crippen molar-refractivity contribution in [2.75, 3.05) is 25.4 Å². The van der Waals surface area contributed by atoms with Gasteiger partial charge in [0.05, 0.1) is 17.4 Å². The van der Waals surface area contributed by atoms with Crippen LogP contribution in [0.25, 0.3) is 0 Å². The highest BCUT2D eigenvalue weighted by atomic mass is 35.5. The molecule has 8 unspecified atom stereocenters. The third kappa shape index (κ3) is 7.66. The molecule has 10 heteroatoms. The number of halogens is 1. The van der Waals surface area contributed by atoms with Crippen LogP contribution in [0.15, 0.2) is 24.3 Å². The van der Waals surface area contributed by atoms with Crippen molar-refractivity contribution in [2.45, 2.75) is 133 Å². The lowest BCUT2D eigenvalue weighted by Gasteiger charge is -2.44. The van der Waals surface area contributed by atoms with Gasteiger partial charge >= 0.3 is 0 Å². The summed E-state index contributed by atoms with van der Waals surface area (Å²) in [5.74, 6) is 1.06. The van der Waals surface area contributed by atoms with E-state index < -0.39 is 10.0 Å². The molecule has 1 aromatic rings. The standard InChI is InChI=1S/C34H53ClN4O4S/c1-34(2)20-25(17-18-43-34)31(24-11-14-26(35)15-12-24)32(37-27-7-4-8-27)33(40)38-30-10-3-6-23(30)13-16-29-21-36-28-9-5-19-44(41,42)39(29)22-28/h11-12,14-15,23,25,27-32,36-37H,3-10,13,16-22H2,1-2H3,(H,38,40). The van der Waals surface area contributed by atoms with Crippen LogP contribution in [0, 0.1) is 11.8 Å². The van der Waals surface area contributed by atoms with E-state index in [1.807, 2.05) is 12.1 Å². The molecule has 2 bridgehead atoms. The Morgan fingerprint density at radius 2 is 1.84 bits per heavy atom. The second-order valence-electron chi connectivity index (χ2n) is 14.9. The normalized spacial score (nSPS) is 34.8. The van der Waals surface area contributed by atoms with Crippen molar-refractivity contribution >= 4 is 27.5 Å². The molecule has 8 atom stereocenters. The minimum Gasteiger partial charge on any atom is -0.376 e. The van der Waals surface area contributed by atoms with Gasteiger partial charge in [-0.05, 0) is 108 Å². The van der Waals surface area contributed by atoms with Crippen molar-refractivity contribution in [1.82, 2.24) is 20.3 Å². The first-order valence-corrected chi connectivity index (χ1v) is 19.3. The molecule has 6 rings (SSSR count). The number of fused-ring (bicyclic) bond motifs is 2. The van der Waals surface area contributed by atoms with Crippen molar-refractivity contribution in [3.05, 3.63) is 34.9 Å². The molecule has 0 aromatic heterocycles. The Morgan fingerprint density at radius 3 is 2.57 bits per heavy atom. The zero-order valence-electron chi connectivity index (χ0n) is 26.6. The molecule has 1 amide bonds. The molecule has 5 fully saturated rings. The molecule has 2 saturated carbocycles. The lowest BCUT2D eigenvalue weighted by Crippen LogP contribution is -2.57. The number of benzene rings is 1. The van der Waals surface area contributed by atoms with Crippen LogP contribution < -0.4 is 16.0 Å². The van der Waals surface area contributed by atoms with Gasteiger partial charge < -0.3 is 20.7 Å². The van der Waals surface area contributed by atoms with Crippen LogP contribution in [0.3, 0.4) is 0 Å². The van der Waals surface area contributed by atoms with Gasteiger partial charge in [-0.3, -0.25) is 4.79 Å². The molecule has 2 aliphatic carbocycles. The summed E-state index contributed by atoms with van der Waals surface area (Å²) in [7, 11) is -3.20. The average Bonchev–Trinajstić information content (AvgIpc) is 3.35. The van der Waals surface area contributed by atoms with E-state index in [4.69, 9.17) is 16.3 Å². The Labute approximate surface area is 269 Å². The van der Waals surface area contributed by atoms with E-state index in [-0.39, 0.29) is 47.3 Å². The molecular formula is C34H53ClN4O4S. The minimum atomic E-state index is -3.20. The quantitative estimate of drug-likeness (QED) is 0.331. The van der Waals surface area contributed by atoms with Crippen LogP contribution in [0.2, 0.25) is 5.02 Å². The molecule has 1 aromatic carbocycles. The van der Waals surface area contributed by atoms with E-state index in [9.17, 15) is 13.2 Å². The van der Waals surface area contributed by atoms with Crippen molar-refractivity contribution in [1.29, 1.82) is 0 Å². The fourth-order valence-electron chi connectivity index (χ4n) is 8.67. The maximum Gasteiger partial charge on any atom is 0.238 e. The van der Waals surface area contributed by atoms with Crippen molar-refractivity contribution < 1.29 is 17.9 Å². The summed E-state index contributed by atoms with van der Waals surface area (Å²) in [6.07, 6.45) is 11.8. The highest BCUT2D eigenvalue weighted by Crippen LogP contribution is 2.41. The lowest BCUT2D eigenvalue weighted by atomic mass is 9.72. The van der Waals surface area contributed by atoms with Gasteiger partial charge in [-0.15, -0.1) is 0 Å². The number of sulfonamides is 1. The zero-order valence-corrected chi connectivity index (χ0v) is 28.2. The number of rotatable bonds is 10. The maximum absolute atomic E-state index is 14.4. The Morgan fingerprint density at radius 1 is 1.07 bits per heavy atom. The first-order chi connectivity index (χ1) is 21.1. The number of hydrogen-bond acceptors (Lipinski definition) is 6. The van der Waals surface area contributed by atoms with Gasteiger partial charge in [0.2, 0.25) is 15.9 Å². The van der Waals surface area contributed by atoms with Crippen LogP contribution in [0.1, 0.15) is 102 Å². The van der Waals surface area contributed by atoms with E-state index in [1.54, 1.807) is 4.31 Å². The first-order valence-electron chi connectivity index (χ1n) is 17.3. The highest BCUT2D eigenvalue weighted by molar-refractivity contribution is 7.89. The molecule has 3 N–H and O–H groups in total. The molecule has 44 heavy (non-hydrogen) atoms. The Kier molecular flexibility index (Phi) is 10.3. The van der Waals surface area contributed by atoms with E-state index in [0.29, 0.717) is 36.1 Å². The van der Waals surface area contributed by atoms with Crippen LogP contribution in [0.5, 0.6) is 0 Å². The van der Waals surface area contributed by atoms with E-state index in [2.05, 4.69) is 41.9 Å². The number of nitrogens with zero attached hydrogens (tertiary/aromatic N) is 1. The smallest absolute Gasteiger partial charge is 0.238 e. The third-order valence-electron chi connectivity index (χ3n) is 11.3. The summed E-state index contributed by atoms with van der Waals surface area (Å²) in [6.45, 7) is 6.35. The van der Waals surface area contributed by atoms with Crippen molar-refractivity contribution in [2.24, 2.45) is 11.8 Å². The second kappa shape index (κ2) is 13.9. The molecular weight excluding hydrogens is 596 g/mol. The first kappa shape index (κ1) is 32.7. The summed E-state index contributed by atoms with van der Waals surface area (Å²) in [5, 5.41) is 11.7. The molecule has 8 nitrogen and oxygen atoms in total. The van der Waals surface area contributed by atoms with Gasteiger partial charge in [-0.25, -0.2) is 8.42 Å². The Bertz CT molecular complexity index is 1240. The van der Waals surface area contributed by atoms with Crippen molar-refractivity contribution in [3.63, 3.8) is 0 Å². The van der Waals surface area contributed by atoms with Crippen LogP contribution >= 0.6 is 11.6 Å². The average molecular weight is 649 g/mol. The van der Waals surface area contributed by atoms with Gasteiger partial charge in [0.1, 0.15) is 0 Å². The summed E-state index contributed by atoms with van der Waals surface area (Å²) in [6, 6.07) is 8.55. The summed E-state index contributed by atoms with van der Waals surface area (Å²) in [4.78, 5) is 14.4. The molecule has 0 radical (unpaired) electrons. The third-order valence-corrected chi connectivity index (χ3v) is 13.5. The Balaban J connectivity index is 1.17. The highest BCUT2D eigenvalue weighted by Gasteiger charge is 2.43. The molecule has 0 spiro atoms. The van der Waals surface area contributed by atoms with Crippen LogP contribution in [0.4, 0.5) is 0 Å². The van der Waals surface area contributed by atoms with Crippen molar-refractivity contribution in [3.8, 4) is 0 Å². The second-order valence-corrected chi connectivity index (χ2v) is 17.4. The van der Waals surface area contributed by atoms with Gasteiger partial charge in [0.25, 0.3) is 0 Å². The fourth-order valence-corrected chi connectivity index (χ4v) is 10.6. The van der Waals surface area contributed by atoms with Gasteiger partial charge in [0, 0.05) is 54.8 Å². The predicted octanol–water partition coefficient (Wildman–Crippen LogP) is 4.97. The number of carbonyl (C=O) groups excluding carboxylic acids is 1. The van der Waals surface area contributed by atoms with E-state index in [0.717, 1.165) is 82.7 Å². The molecule has 5 aliphatic rings. The molecule has 3 aliphatic heterocycles. The SMILES string of the molecule is CC1(C)CC(C(c2ccc(Cl)cc2)C(NC2CCC2)C(=O)NC2CCCC2CCC2CNC3CCCS(=O)(=O)N2C3)CCO1. The fraction of sp³-hybridized carbons (Fsp3) is 0.794. The van der Waals surface area contributed by atoms with Gasteiger partial charge in [-0.1, -0.05) is 36.6 Å². The van der Waals surface area contributed by atoms with Gasteiger partial charge in [0.15, 0.2) is 0 Å². The number of ether oxygens (including phenoxy) is 1. The number of nitrogens with one attached hydrogen (secondary N) is 3. The largest absolute Gasteiger partial charge is 0.376 e. The monoisotopic (exact) mass is 648 g/mol. The maximum atomic E-state index is 14.4. The van der Waals surface area contributed by atoms with Crippen LogP contribution in [-0.2, 0) is 19.6 Å². The summed E-state index contributed by atoms with van der Waals surface area (Å²) < 4.78 is 33.9. The minimum absolute atomic E-state index is 0.00509. The lowest BCUT2D eigenvalue weighted by molar-refractivity contribution is -0.127. The van der Waals surface area contributed by atoms with Crippen LogP contribution in [-0.4, -0.2) is 79.9 Å². The molecule has 246 valence electrons. The molecule has 3 saturated heterocycles. The topological polar surface area (TPSA) is 99.8 Å². The number of carbonyl (C=O) groups is 1.